The van der Waals surface area contributed by atoms with Crippen molar-refractivity contribution in [2.75, 3.05) is 32.8 Å². The largest absolute Gasteiger partial charge is 0.394 e. The normalized spacial score (nSPS) is 18.3. The summed E-state index contributed by atoms with van der Waals surface area (Å²) in [6.45, 7) is 10.3. The highest BCUT2D eigenvalue weighted by atomic mass is 127. The van der Waals surface area contributed by atoms with Crippen LogP contribution in [0.25, 0.3) is 0 Å². The summed E-state index contributed by atoms with van der Waals surface area (Å²) in [4.78, 5) is 6.82. The molecule has 0 aromatic heterocycles. The number of aliphatic hydroxyl groups excluding tert-OH is 1. The summed E-state index contributed by atoms with van der Waals surface area (Å²) >= 11 is 0. The fraction of sp³-hybridized carbons (Fsp3) is 0.923. The van der Waals surface area contributed by atoms with Gasteiger partial charge in [-0.3, -0.25) is 4.99 Å². The van der Waals surface area contributed by atoms with Gasteiger partial charge in [-0.15, -0.1) is 24.0 Å². The molecular formula is C13H29IN4O. The van der Waals surface area contributed by atoms with Gasteiger partial charge < -0.3 is 20.6 Å². The molecule has 1 aliphatic heterocycles. The molecule has 1 heterocycles. The first-order valence-corrected chi connectivity index (χ1v) is 7.07. The lowest BCUT2D eigenvalue weighted by atomic mass is 10.0. The molecule has 1 fully saturated rings. The third-order valence-electron chi connectivity index (χ3n) is 3.31. The Morgan fingerprint density at radius 3 is 2.47 bits per heavy atom. The zero-order valence-electron chi connectivity index (χ0n) is 12.4. The van der Waals surface area contributed by atoms with E-state index >= 15 is 0 Å². The number of nitrogens with zero attached hydrogens (tertiary/aromatic N) is 2. The molecular weight excluding hydrogens is 355 g/mol. The molecule has 1 saturated heterocycles. The van der Waals surface area contributed by atoms with Gasteiger partial charge >= 0.3 is 0 Å². The van der Waals surface area contributed by atoms with E-state index in [-0.39, 0.29) is 30.6 Å². The highest BCUT2D eigenvalue weighted by molar-refractivity contribution is 14.0. The quantitative estimate of drug-likeness (QED) is 0.377. The van der Waals surface area contributed by atoms with Gasteiger partial charge in [-0.25, -0.2) is 0 Å². The van der Waals surface area contributed by atoms with E-state index in [0.717, 1.165) is 38.4 Å². The van der Waals surface area contributed by atoms with Crippen LogP contribution in [0.3, 0.4) is 0 Å². The van der Waals surface area contributed by atoms with E-state index in [0.29, 0.717) is 18.6 Å². The zero-order chi connectivity index (χ0) is 13.4. The second-order valence-electron chi connectivity index (χ2n) is 5.03. The fourth-order valence-electron chi connectivity index (χ4n) is 2.24. The summed E-state index contributed by atoms with van der Waals surface area (Å²) in [7, 11) is 0. The molecule has 0 radical (unpaired) electrons. The molecule has 0 spiro atoms. The Hall–Kier alpha value is -0.0800. The van der Waals surface area contributed by atoms with Crippen molar-refractivity contribution in [3.8, 4) is 0 Å². The predicted octanol–water partition coefficient (Wildman–Crippen LogP) is 1.02. The molecule has 0 aliphatic carbocycles. The number of nitrogens with one attached hydrogen (secondary N) is 2. The maximum Gasteiger partial charge on any atom is 0.191 e. The van der Waals surface area contributed by atoms with Crippen molar-refractivity contribution in [2.45, 2.75) is 45.7 Å². The summed E-state index contributed by atoms with van der Waals surface area (Å²) in [5.74, 6) is 0.828. The van der Waals surface area contributed by atoms with Crippen LogP contribution in [0.1, 0.15) is 33.6 Å². The van der Waals surface area contributed by atoms with Gasteiger partial charge in [-0.2, -0.15) is 0 Å². The van der Waals surface area contributed by atoms with Crippen LogP contribution in [0, 0.1) is 0 Å². The SMILES string of the molecule is CCNC(=NCCO)NC1CCN(C(C)C)CC1.I. The number of guanidine groups is 1. The molecule has 6 heteroatoms. The van der Waals surface area contributed by atoms with Crippen molar-refractivity contribution < 1.29 is 5.11 Å². The third-order valence-corrected chi connectivity index (χ3v) is 3.31. The van der Waals surface area contributed by atoms with Crippen molar-refractivity contribution >= 4 is 29.9 Å². The van der Waals surface area contributed by atoms with Crippen LogP contribution in [0.2, 0.25) is 0 Å². The van der Waals surface area contributed by atoms with Crippen LogP contribution in [0.5, 0.6) is 0 Å². The third kappa shape index (κ3) is 7.31. The summed E-state index contributed by atoms with van der Waals surface area (Å²) in [6.07, 6.45) is 2.31. The molecule has 114 valence electrons. The Bertz CT molecular complexity index is 253. The molecule has 0 bridgehead atoms. The lowest BCUT2D eigenvalue weighted by Gasteiger charge is -2.35. The number of rotatable bonds is 5. The number of likely N-dealkylation sites (tertiary alicyclic amines) is 1. The van der Waals surface area contributed by atoms with Crippen LogP contribution < -0.4 is 10.6 Å². The molecule has 1 rings (SSSR count). The number of aliphatic imine (C=N–C) groups is 1. The van der Waals surface area contributed by atoms with Gasteiger partial charge in [0.15, 0.2) is 5.96 Å². The molecule has 0 saturated carbocycles. The van der Waals surface area contributed by atoms with Crippen LogP contribution in [-0.4, -0.2) is 60.8 Å². The Morgan fingerprint density at radius 2 is 2.00 bits per heavy atom. The van der Waals surface area contributed by atoms with E-state index in [4.69, 9.17) is 5.11 Å². The highest BCUT2D eigenvalue weighted by Crippen LogP contribution is 2.12. The number of hydrogen-bond donors (Lipinski definition) is 3. The second-order valence-corrected chi connectivity index (χ2v) is 5.03. The van der Waals surface area contributed by atoms with Gasteiger partial charge in [0.2, 0.25) is 0 Å². The molecule has 0 amide bonds. The number of hydrogen-bond acceptors (Lipinski definition) is 3. The molecule has 0 unspecified atom stereocenters. The van der Waals surface area contributed by atoms with Gasteiger partial charge in [0.05, 0.1) is 13.2 Å². The number of piperidine rings is 1. The summed E-state index contributed by atoms with van der Waals surface area (Å²) in [5.41, 5.74) is 0. The highest BCUT2D eigenvalue weighted by Gasteiger charge is 2.21. The second kappa shape index (κ2) is 10.7. The van der Waals surface area contributed by atoms with Gasteiger partial charge in [0, 0.05) is 31.7 Å². The minimum atomic E-state index is 0. The molecule has 19 heavy (non-hydrogen) atoms. The van der Waals surface area contributed by atoms with Crippen molar-refractivity contribution in [1.82, 2.24) is 15.5 Å². The summed E-state index contributed by atoms with van der Waals surface area (Å²) < 4.78 is 0. The zero-order valence-corrected chi connectivity index (χ0v) is 14.7. The van der Waals surface area contributed by atoms with Crippen molar-refractivity contribution in [2.24, 2.45) is 4.99 Å². The van der Waals surface area contributed by atoms with E-state index in [2.05, 4.69) is 41.3 Å². The van der Waals surface area contributed by atoms with Gasteiger partial charge in [0.1, 0.15) is 0 Å². The van der Waals surface area contributed by atoms with E-state index in [9.17, 15) is 0 Å². The van der Waals surface area contributed by atoms with E-state index in [1.54, 1.807) is 0 Å². The minimum Gasteiger partial charge on any atom is -0.394 e. The van der Waals surface area contributed by atoms with E-state index in [1.807, 2.05) is 0 Å². The maximum atomic E-state index is 8.82. The van der Waals surface area contributed by atoms with Gasteiger partial charge in [-0.1, -0.05) is 0 Å². The number of halogens is 1. The average molecular weight is 384 g/mol. The van der Waals surface area contributed by atoms with Crippen LogP contribution in [-0.2, 0) is 0 Å². The molecule has 5 nitrogen and oxygen atoms in total. The Balaban J connectivity index is 0.00000324. The van der Waals surface area contributed by atoms with Crippen LogP contribution >= 0.6 is 24.0 Å². The Labute approximate surface area is 134 Å². The first-order valence-electron chi connectivity index (χ1n) is 7.07. The fourth-order valence-corrected chi connectivity index (χ4v) is 2.24. The average Bonchev–Trinajstić information content (AvgIpc) is 2.37. The molecule has 3 N–H and O–H groups in total. The Morgan fingerprint density at radius 1 is 1.37 bits per heavy atom. The Kier molecular flexibility index (Phi) is 10.6. The van der Waals surface area contributed by atoms with Crippen molar-refractivity contribution in [3.05, 3.63) is 0 Å². The lowest BCUT2D eigenvalue weighted by molar-refractivity contribution is 0.167. The molecule has 0 atom stereocenters. The lowest BCUT2D eigenvalue weighted by Crippen LogP contribution is -2.49. The first-order chi connectivity index (χ1) is 8.67. The van der Waals surface area contributed by atoms with E-state index < -0.39 is 0 Å². The van der Waals surface area contributed by atoms with E-state index in [1.165, 1.54) is 0 Å². The van der Waals surface area contributed by atoms with Crippen LogP contribution in [0.4, 0.5) is 0 Å². The van der Waals surface area contributed by atoms with Gasteiger partial charge in [-0.05, 0) is 33.6 Å². The summed E-state index contributed by atoms with van der Waals surface area (Å²) in [6, 6.07) is 1.14. The number of aliphatic hydroxyl groups is 1. The smallest absolute Gasteiger partial charge is 0.191 e. The standard InChI is InChI=1S/C13H28N4O.HI/c1-4-14-13(15-7-10-18)16-12-5-8-17(9-6-12)11(2)3;/h11-12,18H,4-10H2,1-3H3,(H2,14,15,16);1H. The topological polar surface area (TPSA) is 59.9 Å². The molecule has 0 aromatic rings. The van der Waals surface area contributed by atoms with Crippen molar-refractivity contribution in [1.29, 1.82) is 0 Å². The monoisotopic (exact) mass is 384 g/mol. The van der Waals surface area contributed by atoms with Gasteiger partial charge in [0.25, 0.3) is 0 Å². The molecule has 1 aliphatic rings. The summed E-state index contributed by atoms with van der Waals surface area (Å²) in [5, 5.41) is 15.5. The van der Waals surface area contributed by atoms with Crippen molar-refractivity contribution in [3.63, 3.8) is 0 Å². The minimum absolute atomic E-state index is 0. The predicted molar refractivity (Wildman–Crippen MR) is 91.3 cm³/mol. The van der Waals surface area contributed by atoms with Crippen LogP contribution in [0.15, 0.2) is 4.99 Å². The first kappa shape index (κ1) is 18.9. The maximum absolute atomic E-state index is 8.82. The molecule has 0 aromatic carbocycles.